The third kappa shape index (κ3) is 4.27. The van der Waals surface area contributed by atoms with Crippen molar-refractivity contribution in [2.24, 2.45) is 0 Å². The van der Waals surface area contributed by atoms with E-state index in [1.807, 2.05) is 0 Å². The highest BCUT2D eigenvalue weighted by Crippen LogP contribution is 2.14. The third-order valence-corrected chi connectivity index (χ3v) is 3.13. The van der Waals surface area contributed by atoms with Gasteiger partial charge >= 0.3 is 0 Å². The minimum absolute atomic E-state index is 0.276. The Bertz CT molecular complexity index is 613. The number of nitrogens with zero attached hydrogens (tertiary/aromatic N) is 1. The summed E-state index contributed by atoms with van der Waals surface area (Å²) in [5.74, 6) is -0.615. The summed E-state index contributed by atoms with van der Waals surface area (Å²) in [6.07, 6.45) is 4.16. The average Bonchev–Trinajstić information content (AvgIpc) is 2.49. The van der Waals surface area contributed by atoms with Crippen LogP contribution in [0.4, 0.5) is 15.8 Å². The SMILES string of the molecule is CCC(C)Nc1cncc(C(=O)Nc2ccc(F)cc2)c1. The predicted octanol–water partition coefficient (Wildman–Crippen LogP) is 3.68. The van der Waals surface area contributed by atoms with E-state index in [-0.39, 0.29) is 11.7 Å². The lowest BCUT2D eigenvalue weighted by Crippen LogP contribution is -2.16. The van der Waals surface area contributed by atoms with Gasteiger partial charge in [-0.2, -0.15) is 0 Å². The summed E-state index contributed by atoms with van der Waals surface area (Å²) in [6.45, 7) is 4.14. The standard InChI is InChI=1S/C16H18FN3O/c1-3-11(2)19-15-8-12(9-18-10-15)16(21)20-14-6-4-13(17)5-7-14/h4-11,19H,3H2,1-2H3,(H,20,21). The number of pyridine rings is 1. The van der Waals surface area contributed by atoms with Crippen molar-refractivity contribution in [3.63, 3.8) is 0 Å². The molecule has 1 amide bonds. The molecule has 0 saturated heterocycles. The maximum atomic E-state index is 12.8. The Morgan fingerprint density at radius 3 is 2.62 bits per heavy atom. The van der Waals surface area contributed by atoms with E-state index in [9.17, 15) is 9.18 Å². The number of amides is 1. The van der Waals surface area contributed by atoms with Crippen molar-refractivity contribution in [2.45, 2.75) is 26.3 Å². The molecule has 1 atom stereocenters. The van der Waals surface area contributed by atoms with Crippen LogP contribution in [0.3, 0.4) is 0 Å². The van der Waals surface area contributed by atoms with Gasteiger partial charge in [-0.1, -0.05) is 6.92 Å². The molecule has 110 valence electrons. The Morgan fingerprint density at radius 2 is 1.95 bits per heavy atom. The molecule has 0 saturated carbocycles. The highest BCUT2D eigenvalue weighted by atomic mass is 19.1. The molecule has 1 unspecified atom stereocenters. The maximum Gasteiger partial charge on any atom is 0.257 e. The summed E-state index contributed by atoms with van der Waals surface area (Å²) in [4.78, 5) is 16.2. The Kier molecular flexibility index (Phi) is 4.87. The molecule has 4 nitrogen and oxygen atoms in total. The summed E-state index contributed by atoms with van der Waals surface area (Å²) < 4.78 is 12.8. The van der Waals surface area contributed by atoms with E-state index in [1.165, 1.54) is 30.5 Å². The second-order valence-corrected chi connectivity index (χ2v) is 4.88. The van der Waals surface area contributed by atoms with Gasteiger partial charge in [-0.25, -0.2) is 4.39 Å². The summed E-state index contributed by atoms with van der Waals surface area (Å²) in [5, 5.41) is 5.97. The van der Waals surface area contributed by atoms with Crippen LogP contribution in [-0.2, 0) is 0 Å². The maximum absolute atomic E-state index is 12.8. The van der Waals surface area contributed by atoms with E-state index in [0.717, 1.165) is 12.1 Å². The number of hydrogen-bond acceptors (Lipinski definition) is 3. The zero-order valence-electron chi connectivity index (χ0n) is 12.1. The van der Waals surface area contributed by atoms with E-state index in [1.54, 1.807) is 12.3 Å². The van der Waals surface area contributed by atoms with E-state index >= 15 is 0 Å². The molecule has 2 aromatic rings. The average molecular weight is 287 g/mol. The Hall–Kier alpha value is -2.43. The van der Waals surface area contributed by atoms with Crippen molar-refractivity contribution in [1.29, 1.82) is 0 Å². The van der Waals surface area contributed by atoms with Crippen LogP contribution in [0.25, 0.3) is 0 Å². The number of carbonyl (C=O) groups excluding carboxylic acids is 1. The highest BCUT2D eigenvalue weighted by Gasteiger charge is 2.08. The second kappa shape index (κ2) is 6.83. The molecule has 2 N–H and O–H groups in total. The van der Waals surface area contributed by atoms with Gasteiger partial charge in [-0.15, -0.1) is 0 Å². The first-order valence-corrected chi connectivity index (χ1v) is 6.87. The largest absolute Gasteiger partial charge is 0.381 e. The molecule has 5 heteroatoms. The van der Waals surface area contributed by atoms with Gasteiger partial charge < -0.3 is 10.6 Å². The quantitative estimate of drug-likeness (QED) is 0.882. The first kappa shape index (κ1) is 15.0. The fraction of sp³-hybridized carbons (Fsp3) is 0.250. The lowest BCUT2D eigenvalue weighted by Gasteiger charge is -2.13. The molecule has 0 bridgehead atoms. The molecule has 0 radical (unpaired) electrons. The van der Waals surface area contributed by atoms with E-state index in [4.69, 9.17) is 0 Å². The minimum Gasteiger partial charge on any atom is -0.381 e. The van der Waals surface area contributed by atoms with Gasteiger partial charge in [-0.05, 0) is 43.7 Å². The van der Waals surface area contributed by atoms with Gasteiger partial charge in [-0.3, -0.25) is 9.78 Å². The van der Waals surface area contributed by atoms with Crippen molar-refractivity contribution in [1.82, 2.24) is 4.98 Å². The molecule has 0 spiro atoms. The van der Waals surface area contributed by atoms with Crippen molar-refractivity contribution in [3.05, 3.63) is 54.1 Å². The van der Waals surface area contributed by atoms with Crippen LogP contribution >= 0.6 is 0 Å². The molecule has 21 heavy (non-hydrogen) atoms. The monoisotopic (exact) mass is 287 g/mol. The summed E-state index contributed by atoms with van der Waals surface area (Å²) in [5.41, 5.74) is 1.80. The Morgan fingerprint density at radius 1 is 1.24 bits per heavy atom. The topological polar surface area (TPSA) is 54.0 Å². The van der Waals surface area contributed by atoms with Crippen molar-refractivity contribution >= 4 is 17.3 Å². The number of anilines is 2. The molecular formula is C16H18FN3O. The fourth-order valence-electron chi connectivity index (χ4n) is 1.77. The van der Waals surface area contributed by atoms with Crippen LogP contribution in [0.5, 0.6) is 0 Å². The Labute approximate surface area is 123 Å². The van der Waals surface area contributed by atoms with E-state index in [0.29, 0.717) is 17.3 Å². The number of carbonyl (C=O) groups is 1. The van der Waals surface area contributed by atoms with Crippen molar-refractivity contribution in [2.75, 3.05) is 10.6 Å². The molecule has 1 aromatic carbocycles. The smallest absolute Gasteiger partial charge is 0.257 e. The number of nitrogens with one attached hydrogen (secondary N) is 2. The Balaban J connectivity index is 2.08. The van der Waals surface area contributed by atoms with Gasteiger partial charge in [0.15, 0.2) is 0 Å². The zero-order chi connectivity index (χ0) is 15.2. The van der Waals surface area contributed by atoms with Crippen LogP contribution in [-0.4, -0.2) is 16.9 Å². The molecule has 0 aliphatic heterocycles. The van der Waals surface area contributed by atoms with Gasteiger partial charge in [0.25, 0.3) is 5.91 Å². The summed E-state index contributed by atoms with van der Waals surface area (Å²) in [7, 11) is 0. The van der Waals surface area contributed by atoms with Gasteiger partial charge in [0, 0.05) is 24.1 Å². The van der Waals surface area contributed by atoms with Crippen LogP contribution in [0.15, 0.2) is 42.7 Å². The zero-order valence-corrected chi connectivity index (χ0v) is 12.1. The van der Waals surface area contributed by atoms with Gasteiger partial charge in [0.1, 0.15) is 5.82 Å². The van der Waals surface area contributed by atoms with E-state index < -0.39 is 0 Å². The molecule has 2 rings (SSSR count). The number of rotatable bonds is 5. The molecule has 0 aliphatic rings. The first-order chi connectivity index (χ1) is 10.1. The fourth-order valence-corrected chi connectivity index (χ4v) is 1.77. The van der Waals surface area contributed by atoms with Crippen molar-refractivity contribution in [3.8, 4) is 0 Å². The number of halogens is 1. The number of aromatic nitrogens is 1. The van der Waals surface area contributed by atoms with Crippen molar-refractivity contribution < 1.29 is 9.18 Å². The number of hydrogen-bond donors (Lipinski definition) is 2. The molecular weight excluding hydrogens is 269 g/mol. The van der Waals surface area contributed by atoms with E-state index in [2.05, 4.69) is 29.5 Å². The normalized spacial score (nSPS) is 11.8. The van der Waals surface area contributed by atoms with Crippen LogP contribution in [0.2, 0.25) is 0 Å². The predicted molar refractivity (Wildman–Crippen MR) is 82.0 cm³/mol. The molecule has 1 heterocycles. The van der Waals surface area contributed by atoms with Crippen LogP contribution < -0.4 is 10.6 Å². The lowest BCUT2D eigenvalue weighted by atomic mass is 10.2. The van der Waals surface area contributed by atoms with Gasteiger partial charge in [0.2, 0.25) is 0 Å². The molecule has 0 aliphatic carbocycles. The highest BCUT2D eigenvalue weighted by molar-refractivity contribution is 6.04. The third-order valence-electron chi connectivity index (χ3n) is 3.13. The first-order valence-electron chi connectivity index (χ1n) is 6.87. The summed E-state index contributed by atoms with van der Waals surface area (Å²) in [6, 6.07) is 7.69. The minimum atomic E-state index is -0.339. The van der Waals surface area contributed by atoms with Crippen LogP contribution in [0.1, 0.15) is 30.6 Å². The summed E-state index contributed by atoms with van der Waals surface area (Å²) >= 11 is 0. The second-order valence-electron chi connectivity index (χ2n) is 4.88. The lowest BCUT2D eigenvalue weighted by molar-refractivity contribution is 0.102. The molecule has 0 fully saturated rings. The van der Waals surface area contributed by atoms with Gasteiger partial charge in [0.05, 0.1) is 11.3 Å². The molecule has 1 aromatic heterocycles. The number of benzene rings is 1. The van der Waals surface area contributed by atoms with Crippen LogP contribution in [0, 0.1) is 5.82 Å².